The predicted molar refractivity (Wildman–Crippen MR) is 141 cm³/mol. The van der Waals surface area contributed by atoms with Crippen molar-refractivity contribution in [2.45, 2.75) is 112 Å². The molecule has 2 aliphatic rings. The lowest BCUT2D eigenvalue weighted by atomic mass is 9.98. The highest BCUT2D eigenvalue weighted by Crippen LogP contribution is 2.59. The molecule has 0 N–H and O–H groups in total. The number of carbonyl (C=O) groups excluding carboxylic acids is 2. The number of unbranched alkanes of at least 4 members (excludes halogenated alkanes) is 4. The minimum Gasteiger partial charge on any atom is -0.548 e. The van der Waals surface area contributed by atoms with Gasteiger partial charge in [-0.2, -0.15) is 0 Å². The zero-order chi connectivity index (χ0) is 24.6. The van der Waals surface area contributed by atoms with E-state index in [0.29, 0.717) is 0 Å². The monoisotopic (exact) mass is 598 g/mol. The minimum absolute atomic E-state index is 0.192. The molecule has 188 valence electrons. The molecule has 0 saturated carbocycles. The first kappa shape index (κ1) is 30.2. The number of hydrogen-bond donors (Lipinski definition) is 0. The van der Waals surface area contributed by atoms with E-state index in [2.05, 4.69) is 59.6 Å². The number of quaternary nitrogens is 1. The van der Waals surface area contributed by atoms with Gasteiger partial charge in [-0.3, -0.25) is 4.79 Å². The van der Waals surface area contributed by atoms with Crippen LogP contribution in [0.4, 0.5) is 0 Å². The van der Waals surface area contributed by atoms with Gasteiger partial charge in [-0.05, 0) is 39.5 Å². The molecule has 2 atom stereocenters. The molecular weight excluding hydrogens is 556 g/mol. The maximum absolute atomic E-state index is 11.7. The smallest absolute Gasteiger partial charge is 0.254 e. The maximum atomic E-state index is 11.7. The third-order valence-corrected chi connectivity index (χ3v) is 10.4. The van der Waals surface area contributed by atoms with E-state index in [1.54, 1.807) is 13.8 Å². The molecule has 2 saturated heterocycles. The summed E-state index contributed by atoms with van der Waals surface area (Å²) in [5.41, 5.74) is 0. The third kappa shape index (κ3) is 7.35. The van der Waals surface area contributed by atoms with Gasteiger partial charge in [-0.1, -0.05) is 85.2 Å². The number of alkyl halides is 2. The molecule has 0 radical (unpaired) electrons. The average Bonchev–Trinajstić information content (AvgIpc) is 3.03. The van der Waals surface area contributed by atoms with Crippen LogP contribution in [0.25, 0.3) is 0 Å². The quantitative estimate of drug-likeness (QED) is 0.164. The fourth-order valence-electron chi connectivity index (χ4n) is 4.61. The summed E-state index contributed by atoms with van der Waals surface area (Å²) < 4.78 is 0.0813. The van der Waals surface area contributed by atoms with Crippen molar-refractivity contribution in [2.75, 3.05) is 26.2 Å². The number of amides is 1. The molecule has 2 heterocycles. The number of halogens is 2. The molecule has 0 spiro atoms. The van der Waals surface area contributed by atoms with E-state index in [-0.39, 0.29) is 11.3 Å². The van der Waals surface area contributed by atoms with Gasteiger partial charge in [0.05, 0.1) is 38.2 Å². The van der Waals surface area contributed by atoms with Crippen LogP contribution in [0, 0.1) is 0 Å². The molecule has 0 unspecified atom stereocenters. The summed E-state index contributed by atoms with van der Waals surface area (Å²) in [5, 5.41) is 10.8. The van der Waals surface area contributed by atoms with E-state index >= 15 is 0 Å². The highest BCUT2D eigenvalue weighted by molar-refractivity contribution is 9.26. The van der Waals surface area contributed by atoms with Crippen LogP contribution in [0.3, 0.4) is 0 Å². The number of fused-ring (bicyclic) bond motifs is 1. The number of carboxylic acid groups (broad SMARTS) is 1. The Morgan fingerprint density at radius 1 is 0.938 bits per heavy atom. The fraction of sp³-hybridized carbons (Fsp3) is 0.917. The second kappa shape index (κ2) is 13.3. The van der Waals surface area contributed by atoms with Crippen LogP contribution in [0.2, 0.25) is 0 Å². The largest absolute Gasteiger partial charge is 0.548 e. The lowest BCUT2D eigenvalue weighted by Gasteiger charge is -2.47. The Morgan fingerprint density at radius 3 is 1.62 bits per heavy atom. The minimum atomic E-state index is -1.20. The third-order valence-electron chi connectivity index (χ3n) is 6.60. The number of carbonyl (C=O) groups is 2. The van der Waals surface area contributed by atoms with Crippen molar-refractivity contribution in [3.05, 3.63) is 0 Å². The molecule has 0 aromatic rings. The van der Waals surface area contributed by atoms with Crippen LogP contribution in [0.1, 0.15) is 92.9 Å². The Hall–Kier alpha value is 0.210. The van der Waals surface area contributed by atoms with Gasteiger partial charge < -0.3 is 19.3 Å². The molecule has 32 heavy (non-hydrogen) atoms. The lowest BCUT2D eigenvalue weighted by molar-refractivity contribution is -0.929. The second-order valence-electron chi connectivity index (χ2n) is 9.78. The van der Waals surface area contributed by atoms with Gasteiger partial charge in [0.1, 0.15) is 5.37 Å². The first-order valence-electron chi connectivity index (χ1n) is 12.4. The molecule has 2 rings (SSSR count). The van der Waals surface area contributed by atoms with Crippen molar-refractivity contribution in [2.24, 2.45) is 0 Å². The lowest BCUT2D eigenvalue weighted by Crippen LogP contribution is -2.69. The molecular formula is C24H44Br2N2O3S. The Bertz CT molecular complexity index is 579. The predicted octanol–water partition coefficient (Wildman–Crippen LogP) is 5.29. The molecule has 0 aliphatic carbocycles. The fourth-order valence-corrected chi connectivity index (χ4v) is 7.51. The van der Waals surface area contributed by atoms with E-state index in [0.717, 1.165) is 0 Å². The number of thioether (sulfide) groups is 1. The van der Waals surface area contributed by atoms with Gasteiger partial charge in [0.2, 0.25) is 0 Å². The Balaban J connectivity index is 0.000000321. The van der Waals surface area contributed by atoms with Gasteiger partial charge in [0.15, 0.2) is 3.23 Å². The Morgan fingerprint density at radius 2 is 1.31 bits per heavy atom. The molecule has 2 aliphatic heterocycles. The number of carboxylic acids is 1. The SMILES string of the molecule is CC1(C)S[C@H]2N(C(=O)C2(Br)Br)[C@H]1C(=O)[O-].CCCC[N+](CCCC)(CCCC)CCCC. The summed E-state index contributed by atoms with van der Waals surface area (Å²) in [4.78, 5) is 24.1. The number of aliphatic carboxylic acids is 1. The zero-order valence-corrected chi connectivity index (χ0v) is 24.9. The van der Waals surface area contributed by atoms with Crippen LogP contribution < -0.4 is 5.11 Å². The Labute approximate surface area is 217 Å². The number of rotatable bonds is 13. The standard InChI is InChI=1S/C16H36N.C8H9Br2NO3S/c1-5-9-13-17(14-10-6-2,15-11-7-3)16-12-8-4;1-7(2)3(4(12)13)11-5(14)8(9,10)6(11)15-7/h5-16H2,1-4H3;3,6H,1-2H3,(H,12,13)/q+1;/p-1/t;3-,6+/m.0/s1. The molecule has 1 amide bonds. The number of β-lactam (4-membered cyclic amide) rings is 1. The van der Waals surface area contributed by atoms with Crippen LogP contribution in [-0.4, -0.2) is 66.8 Å². The maximum Gasteiger partial charge on any atom is 0.254 e. The molecule has 5 nitrogen and oxygen atoms in total. The molecule has 0 aromatic carbocycles. The summed E-state index contributed by atoms with van der Waals surface area (Å²) in [6.07, 6.45) is 11.1. The highest BCUT2D eigenvalue weighted by atomic mass is 79.9. The average molecular weight is 601 g/mol. The van der Waals surface area contributed by atoms with Crippen molar-refractivity contribution in [1.29, 1.82) is 0 Å². The van der Waals surface area contributed by atoms with Gasteiger partial charge in [0, 0.05) is 4.75 Å². The van der Waals surface area contributed by atoms with Crippen LogP contribution in [0.15, 0.2) is 0 Å². The summed E-state index contributed by atoms with van der Waals surface area (Å²) >= 11 is 7.97. The Kier molecular flexibility index (Phi) is 12.6. The second-order valence-corrected chi connectivity index (χ2v) is 15.1. The van der Waals surface area contributed by atoms with Crippen LogP contribution in [0.5, 0.6) is 0 Å². The molecule has 8 heteroatoms. The zero-order valence-electron chi connectivity index (χ0n) is 20.9. The molecule has 2 fully saturated rings. The van der Waals surface area contributed by atoms with E-state index in [9.17, 15) is 14.7 Å². The van der Waals surface area contributed by atoms with Gasteiger partial charge in [-0.25, -0.2) is 0 Å². The van der Waals surface area contributed by atoms with Crippen LogP contribution >= 0.6 is 43.6 Å². The van der Waals surface area contributed by atoms with E-state index < -0.39 is 20.0 Å². The van der Waals surface area contributed by atoms with Crippen molar-refractivity contribution in [1.82, 2.24) is 4.90 Å². The number of hydrogen-bond acceptors (Lipinski definition) is 4. The van der Waals surface area contributed by atoms with E-state index in [1.165, 1.54) is 98.7 Å². The number of nitrogens with zero attached hydrogens (tertiary/aromatic N) is 2. The summed E-state index contributed by atoms with van der Waals surface area (Å²) in [6.45, 7) is 18.6. The van der Waals surface area contributed by atoms with Gasteiger partial charge in [-0.15, -0.1) is 11.8 Å². The summed E-state index contributed by atoms with van der Waals surface area (Å²) in [6, 6.07) is -0.858. The van der Waals surface area contributed by atoms with Crippen molar-refractivity contribution >= 4 is 55.5 Å². The summed E-state index contributed by atoms with van der Waals surface area (Å²) in [7, 11) is 0. The first-order valence-corrected chi connectivity index (χ1v) is 14.8. The first-order chi connectivity index (χ1) is 14.9. The van der Waals surface area contributed by atoms with Gasteiger partial charge in [0.25, 0.3) is 5.91 Å². The van der Waals surface area contributed by atoms with Crippen molar-refractivity contribution in [3.63, 3.8) is 0 Å². The van der Waals surface area contributed by atoms with Gasteiger partial charge >= 0.3 is 0 Å². The summed E-state index contributed by atoms with van der Waals surface area (Å²) in [5.74, 6) is -1.45. The van der Waals surface area contributed by atoms with Crippen molar-refractivity contribution < 1.29 is 19.2 Å². The highest BCUT2D eigenvalue weighted by Gasteiger charge is 2.68. The van der Waals surface area contributed by atoms with Crippen LogP contribution in [-0.2, 0) is 9.59 Å². The van der Waals surface area contributed by atoms with E-state index in [4.69, 9.17) is 0 Å². The van der Waals surface area contributed by atoms with Crippen molar-refractivity contribution in [3.8, 4) is 0 Å². The molecule has 0 aromatic heterocycles. The topological polar surface area (TPSA) is 60.4 Å². The van der Waals surface area contributed by atoms with E-state index in [1.807, 2.05) is 0 Å². The normalized spacial score (nSPS) is 23.2. The molecule has 0 bridgehead atoms.